The van der Waals surface area contributed by atoms with Crippen molar-refractivity contribution < 1.29 is 0 Å². The molecule has 3 rings (SSSR count). The molecule has 1 aliphatic carbocycles. The van der Waals surface area contributed by atoms with Crippen LogP contribution < -0.4 is 0 Å². The van der Waals surface area contributed by atoms with Crippen molar-refractivity contribution in [2.75, 3.05) is 0 Å². The molecule has 0 saturated heterocycles. The van der Waals surface area contributed by atoms with Gasteiger partial charge in [-0.3, -0.25) is 0 Å². The van der Waals surface area contributed by atoms with Crippen LogP contribution in [0.25, 0.3) is 5.57 Å². The minimum atomic E-state index is 0.683. The Kier molecular flexibility index (Phi) is 5.61. The molecule has 120 valence electrons. The Morgan fingerprint density at radius 3 is 2.35 bits per heavy atom. The molecule has 1 heteroatoms. The van der Waals surface area contributed by atoms with Gasteiger partial charge in [0.05, 0.1) is 0 Å². The molecular formula is C22H26S. The molecule has 23 heavy (non-hydrogen) atoms. The molecule has 0 fully saturated rings. The topological polar surface area (TPSA) is 0 Å². The molecule has 0 saturated carbocycles. The van der Waals surface area contributed by atoms with E-state index >= 15 is 0 Å². The molecular weight excluding hydrogens is 296 g/mol. The smallest absolute Gasteiger partial charge is 0.00403 e. The summed E-state index contributed by atoms with van der Waals surface area (Å²) in [5.41, 5.74) is 5.84. The highest BCUT2D eigenvalue weighted by Gasteiger charge is 2.17. The molecule has 1 atom stereocenters. The number of hydrogen-bond donors (Lipinski definition) is 1. The van der Waals surface area contributed by atoms with Crippen molar-refractivity contribution in [2.45, 2.75) is 56.3 Å². The second kappa shape index (κ2) is 7.88. The summed E-state index contributed by atoms with van der Waals surface area (Å²) >= 11 is 4.37. The lowest BCUT2D eigenvalue weighted by atomic mass is 9.82. The van der Waals surface area contributed by atoms with E-state index < -0.39 is 0 Å². The van der Waals surface area contributed by atoms with Crippen molar-refractivity contribution in [3.05, 3.63) is 71.3 Å². The van der Waals surface area contributed by atoms with Crippen LogP contribution in [-0.2, 0) is 6.42 Å². The van der Waals surface area contributed by atoms with Gasteiger partial charge >= 0.3 is 0 Å². The predicted molar refractivity (Wildman–Crippen MR) is 103 cm³/mol. The average molecular weight is 323 g/mol. The monoisotopic (exact) mass is 322 g/mol. The third-order valence-electron chi connectivity index (χ3n) is 4.92. The average Bonchev–Trinajstić information content (AvgIpc) is 2.61. The molecule has 0 aliphatic heterocycles. The van der Waals surface area contributed by atoms with Crippen molar-refractivity contribution in [1.82, 2.24) is 0 Å². The number of hydrogen-bond acceptors (Lipinski definition) is 1. The van der Waals surface area contributed by atoms with Crippen LogP contribution in [0.1, 0.15) is 61.6 Å². The van der Waals surface area contributed by atoms with Gasteiger partial charge in [-0.05, 0) is 72.4 Å². The van der Waals surface area contributed by atoms with Gasteiger partial charge in [-0.25, -0.2) is 0 Å². The van der Waals surface area contributed by atoms with E-state index in [-0.39, 0.29) is 0 Å². The lowest BCUT2D eigenvalue weighted by Crippen LogP contribution is -2.04. The molecule has 0 amide bonds. The number of benzene rings is 2. The van der Waals surface area contributed by atoms with Crippen LogP contribution in [0.2, 0.25) is 0 Å². The largest absolute Gasteiger partial charge is 0.143 e. The highest BCUT2D eigenvalue weighted by Crippen LogP contribution is 2.36. The highest BCUT2D eigenvalue weighted by atomic mass is 32.1. The zero-order chi connectivity index (χ0) is 16.1. The fourth-order valence-corrected chi connectivity index (χ4v) is 3.56. The van der Waals surface area contributed by atoms with Crippen LogP contribution in [0.15, 0.2) is 59.5 Å². The molecule has 2 aromatic carbocycles. The van der Waals surface area contributed by atoms with Crippen LogP contribution in [-0.4, -0.2) is 0 Å². The summed E-state index contributed by atoms with van der Waals surface area (Å²) in [5, 5.41) is 0. The molecule has 0 aromatic heterocycles. The molecule has 0 spiro atoms. The van der Waals surface area contributed by atoms with Gasteiger partial charge in [-0.1, -0.05) is 55.8 Å². The van der Waals surface area contributed by atoms with Crippen molar-refractivity contribution in [2.24, 2.45) is 0 Å². The van der Waals surface area contributed by atoms with Crippen LogP contribution in [0, 0.1) is 0 Å². The van der Waals surface area contributed by atoms with Gasteiger partial charge < -0.3 is 0 Å². The predicted octanol–water partition coefficient (Wildman–Crippen LogP) is 6.67. The van der Waals surface area contributed by atoms with E-state index in [2.05, 4.69) is 74.2 Å². The Labute approximate surface area is 146 Å². The number of allylic oxidation sites excluding steroid dienone is 2. The van der Waals surface area contributed by atoms with Crippen LogP contribution in [0.4, 0.5) is 0 Å². The zero-order valence-electron chi connectivity index (χ0n) is 14.0. The first-order valence-electron chi connectivity index (χ1n) is 8.83. The molecule has 0 N–H and O–H groups in total. The third-order valence-corrected chi connectivity index (χ3v) is 5.22. The Bertz CT molecular complexity index is 649. The van der Waals surface area contributed by atoms with Gasteiger partial charge in [-0.15, -0.1) is 12.6 Å². The molecule has 0 radical (unpaired) electrons. The first-order valence-corrected chi connectivity index (χ1v) is 9.28. The summed E-state index contributed by atoms with van der Waals surface area (Å²) in [4.78, 5) is 1.03. The molecule has 1 unspecified atom stereocenters. The third kappa shape index (κ3) is 4.29. The minimum absolute atomic E-state index is 0.683. The van der Waals surface area contributed by atoms with E-state index in [1.807, 2.05) is 0 Å². The summed E-state index contributed by atoms with van der Waals surface area (Å²) < 4.78 is 0. The summed E-state index contributed by atoms with van der Waals surface area (Å²) in [6.45, 7) is 2.25. The standard InChI is InChI=1S/C22H26S/c1-2-3-4-17-5-7-18(8-6-17)19-9-11-20(12-10-19)21-13-15-22(23)16-14-21/h5-8,11,13-16,19,23H,2-4,9-10,12H2,1H3. The molecule has 1 aliphatic rings. The Hall–Kier alpha value is -1.47. The second-order valence-corrected chi connectivity index (χ2v) is 7.11. The van der Waals surface area contributed by atoms with E-state index in [9.17, 15) is 0 Å². The number of thiol groups is 1. The van der Waals surface area contributed by atoms with Gasteiger partial charge in [0, 0.05) is 4.90 Å². The summed E-state index contributed by atoms with van der Waals surface area (Å²) in [6, 6.07) is 17.9. The van der Waals surface area contributed by atoms with Crippen molar-refractivity contribution in [3.63, 3.8) is 0 Å². The maximum absolute atomic E-state index is 4.37. The van der Waals surface area contributed by atoms with Crippen LogP contribution in [0.5, 0.6) is 0 Å². The molecule has 0 bridgehead atoms. The van der Waals surface area contributed by atoms with Crippen LogP contribution >= 0.6 is 12.6 Å². The minimum Gasteiger partial charge on any atom is -0.143 e. The molecule has 0 nitrogen and oxygen atoms in total. The van der Waals surface area contributed by atoms with Crippen molar-refractivity contribution in [3.8, 4) is 0 Å². The second-order valence-electron chi connectivity index (χ2n) is 6.59. The number of unbranched alkanes of at least 4 members (excludes halogenated alkanes) is 1. The Morgan fingerprint density at radius 2 is 1.74 bits per heavy atom. The van der Waals surface area contributed by atoms with Gasteiger partial charge in [0.1, 0.15) is 0 Å². The fraction of sp³-hybridized carbons (Fsp3) is 0.364. The lowest BCUT2D eigenvalue weighted by molar-refractivity contribution is 0.625. The van der Waals surface area contributed by atoms with Crippen LogP contribution in [0.3, 0.4) is 0 Å². The molecule has 0 heterocycles. The highest BCUT2D eigenvalue weighted by molar-refractivity contribution is 7.80. The van der Waals surface area contributed by atoms with Gasteiger partial charge in [-0.2, -0.15) is 0 Å². The quantitative estimate of drug-likeness (QED) is 0.584. The Balaban J connectivity index is 1.64. The van der Waals surface area contributed by atoms with Gasteiger partial charge in [0.15, 0.2) is 0 Å². The zero-order valence-corrected chi connectivity index (χ0v) is 14.9. The fourth-order valence-electron chi connectivity index (χ4n) is 3.41. The molecule has 2 aromatic rings. The van der Waals surface area contributed by atoms with E-state index in [1.165, 1.54) is 54.4 Å². The van der Waals surface area contributed by atoms with E-state index in [0.29, 0.717) is 5.92 Å². The maximum Gasteiger partial charge on any atom is 0.00403 e. The number of rotatable bonds is 5. The van der Waals surface area contributed by atoms with Crippen molar-refractivity contribution in [1.29, 1.82) is 0 Å². The normalized spacial score (nSPS) is 17.8. The number of aryl methyl sites for hydroxylation is 1. The lowest BCUT2D eigenvalue weighted by Gasteiger charge is -2.23. The SMILES string of the molecule is CCCCc1ccc(C2CC=C(c3ccc(S)cc3)CC2)cc1. The van der Waals surface area contributed by atoms with Gasteiger partial charge in [0.2, 0.25) is 0 Å². The van der Waals surface area contributed by atoms with E-state index in [4.69, 9.17) is 0 Å². The summed E-state index contributed by atoms with van der Waals surface area (Å²) in [5.74, 6) is 0.683. The summed E-state index contributed by atoms with van der Waals surface area (Å²) in [7, 11) is 0. The first-order chi connectivity index (χ1) is 11.3. The van der Waals surface area contributed by atoms with Gasteiger partial charge in [0.25, 0.3) is 0 Å². The van der Waals surface area contributed by atoms with E-state index in [1.54, 1.807) is 0 Å². The maximum atomic E-state index is 4.37. The van der Waals surface area contributed by atoms with E-state index in [0.717, 1.165) is 11.3 Å². The Morgan fingerprint density at radius 1 is 1.00 bits per heavy atom. The summed E-state index contributed by atoms with van der Waals surface area (Å²) in [6.07, 6.45) is 9.80. The van der Waals surface area contributed by atoms with Crippen molar-refractivity contribution >= 4 is 18.2 Å². The first kappa shape index (κ1) is 16.4.